The van der Waals surface area contributed by atoms with Crippen molar-refractivity contribution in [2.75, 3.05) is 6.54 Å². The Bertz CT molecular complexity index is 932. The van der Waals surface area contributed by atoms with Crippen LogP contribution in [0.3, 0.4) is 0 Å². The van der Waals surface area contributed by atoms with E-state index in [0.717, 1.165) is 10.6 Å². The summed E-state index contributed by atoms with van der Waals surface area (Å²) in [5, 5.41) is 10.9. The molecule has 4 atom stereocenters. The quantitative estimate of drug-likeness (QED) is 0.779. The third-order valence-electron chi connectivity index (χ3n) is 5.68. The Balaban J connectivity index is 1.68. The van der Waals surface area contributed by atoms with Gasteiger partial charge in [0, 0.05) is 0 Å². The summed E-state index contributed by atoms with van der Waals surface area (Å²) in [4.78, 5) is 0.257. The van der Waals surface area contributed by atoms with Gasteiger partial charge in [0.25, 0.3) is 0 Å². The zero-order valence-corrected chi connectivity index (χ0v) is 17.5. The first-order chi connectivity index (χ1) is 13.8. The molecule has 2 aliphatic rings. The second kappa shape index (κ2) is 7.81. The Morgan fingerprint density at radius 2 is 1.69 bits per heavy atom. The monoisotopic (exact) mass is 417 g/mol. The van der Waals surface area contributed by atoms with Crippen LogP contribution in [-0.2, 0) is 25.7 Å². The van der Waals surface area contributed by atoms with Gasteiger partial charge in [-0.15, -0.1) is 0 Å². The number of hydroxylamine groups is 2. The average molecular weight is 418 g/mol. The topological polar surface area (TPSA) is 76.1 Å². The van der Waals surface area contributed by atoms with E-state index in [1.54, 1.807) is 30.3 Å². The molecular formula is C22H27NO5S. The van der Waals surface area contributed by atoms with Gasteiger partial charge >= 0.3 is 0 Å². The van der Waals surface area contributed by atoms with Crippen LogP contribution in [-0.4, -0.2) is 54.5 Å². The Morgan fingerprint density at radius 1 is 1.07 bits per heavy atom. The minimum absolute atomic E-state index is 0.227. The zero-order chi connectivity index (χ0) is 20.6. The molecule has 29 heavy (non-hydrogen) atoms. The number of ether oxygens (including phenoxy) is 2. The highest BCUT2D eigenvalue weighted by molar-refractivity contribution is 7.92. The van der Waals surface area contributed by atoms with Gasteiger partial charge in [-0.2, -0.15) is 5.06 Å². The maximum atomic E-state index is 13.6. The third-order valence-corrected chi connectivity index (χ3v) is 7.92. The molecule has 0 unspecified atom stereocenters. The maximum Gasteiger partial charge on any atom is 0.182 e. The summed E-state index contributed by atoms with van der Waals surface area (Å²) in [6, 6.07) is 17.5. The van der Waals surface area contributed by atoms with E-state index in [0.29, 0.717) is 12.8 Å². The van der Waals surface area contributed by atoms with Gasteiger partial charge in [-0.1, -0.05) is 48.5 Å². The molecule has 0 aliphatic carbocycles. The Labute approximate surface area is 171 Å². The van der Waals surface area contributed by atoms with E-state index in [1.807, 2.05) is 44.2 Å². The number of fused-ring (bicyclic) bond motifs is 1. The summed E-state index contributed by atoms with van der Waals surface area (Å²) >= 11 is 0. The van der Waals surface area contributed by atoms with Crippen molar-refractivity contribution >= 4 is 9.84 Å². The highest BCUT2D eigenvalue weighted by Crippen LogP contribution is 2.40. The van der Waals surface area contributed by atoms with E-state index < -0.39 is 33.0 Å². The lowest BCUT2D eigenvalue weighted by molar-refractivity contribution is -0.197. The van der Waals surface area contributed by atoms with Gasteiger partial charge in [0.2, 0.25) is 0 Å². The van der Waals surface area contributed by atoms with E-state index in [1.165, 1.54) is 0 Å². The standard InChI is InChI=1S/C22H27NO5S/c1-22(2)27-18-15-23(24)20(21(18)28-22)19(14-13-16-9-5-3-6-10-16)29(25,26)17-11-7-4-8-12-17/h3-12,18-21,24H,13-15H2,1-2H3/t18-,19-,20+,21-/m1/s1. The number of sulfone groups is 1. The Kier molecular flexibility index (Phi) is 5.52. The van der Waals surface area contributed by atoms with Crippen molar-refractivity contribution < 1.29 is 23.1 Å². The molecule has 0 aromatic heterocycles. The summed E-state index contributed by atoms with van der Waals surface area (Å²) in [6.07, 6.45) is 0.0962. The van der Waals surface area contributed by atoms with Gasteiger partial charge in [0.05, 0.1) is 22.7 Å². The molecule has 6 nitrogen and oxygen atoms in total. The molecule has 2 heterocycles. The number of benzene rings is 2. The molecule has 2 aliphatic heterocycles. The van der Waals surface area contributed by atoms with Gasteiger partial charge < -0.3 is 14.7 Å². The number of rotatable bonds is 6. The second-order valence-electron chi connectivity index (χ2n) is 8.17. The normalized spacial score (nSPS) is 27.6. The van der Waals surface area contributed by atoms with E-state index in [4.69, 9.17) is 9.47 Å². The lowest BCUT2D eigenvalue weighted by atomic mass is 10.0. The number of hydrogen-bond acceptors (Lipinski definition) is 6. The predicted molar refractivity (Wildman–Crippen MR) is 108 cm³/mol. The van der Waals surface area contributed by atoms with Gasteiger partial charge in [-0.25, -0.2) is 8.42 Å². The van der Waals surface area contributed by atoms with Crippen LogP contribution in [0.25, 0.3) is 0 Å². The van der Waals surface area contributed by atoms with Gasteiger partial charge in [-0.05, 0) is 44.4 Å². The maximum absolute atomic E-state index is 13.6. The smallest absolute Gasteiger partial charge is 0.182 e. The summed E-state index contributed by atoms with van der Waals surface area (Å²) < 4.78 is 39.1. The predicted octanol–water partition coefficient (Wildman–Crippen LogP) is 3.06. The molecular weight excluding hydrogens is 390 g/mol. The van der Waals surface area contributed by atoms with Crippen molar-refractivity contribution in [1.82, 2.24) is 5.06 Å². The van der Waals surface area contributed by atoms with Crippen LogP contribution in [0.2, 0.25) is 0 Å². The average Bonchev–Trinajstić information content (AvgIpc) is 3.14. The van der Waals surface area contributed by atoms with E-state index >= 15 is 0 Å². The van der Waals surface area contributed by atoms with Crippen LogP contribution in [0, 0.1) is 0 Å². The van der Waals surface area contributed by atoms with Crippen LogP contribution in [0.5, 0.6) is 0 Å². The molecule has 0 radical (unpaired) electrons. The number of hydrogen-bond donors (Lipinski definition) is 1. The fraction of sp³-hybridized carbons (Fsp3) is 0.455. The molecule has 0 spiro atoms. The molecule has 1 N–H and O–H groups in total. The van der Waals surface area contributed by atoms with Crippen LogP contribution >= 0.6 is 0 Å². The van der Waals surface area contributed by atoms with Gasteiger partial charge in [0.1, 0.15) is 12.2 Å². The Morgan fingerprint density at radius 3 is 2.34 bits per heavy atom. The molecule has 2 aromatic rings. The van der Waals surface area contributed by atoms with E-state index in [-0.39, 0.29) is 17.5 Å². The van der Waals surface area contributed by atoms with Gasteiger partial charge in [-0.3, -0.25) is 0 Å². The molecule has 0 saturated carbocycles. The fourth-order valence-corrected chi connectivity index (χ4v) is 6.40. The van der Waals surface area contributed by atoms with Crippen molar-refractivity contribution in [3.63, 3.8) is 0 Å². The van der Waals surface area contributed by atoms with Crippen LogP contribution in [0.15, 0.2) is 65.6 Å². The minimum atomic E-state index is -3.70. The largest absolute Gasteiger partial charge is 0.343 e. The van der Waals surface area contributed by atoms with Crippen molar-refractivity contribution in [2.24, 2.45) is 0 Å². The van der Waals surface area contributed by atoms with Crippen molar-refractivity contribution in [1.29, 1.82) is 0 Å². The molecule has 0 amide bonds. The molecule has 0 bridgehead atoms. The lowest BCUT2D eigenvalue weighted by Gasteiger charge is -2.32. The SMILES string of the molecule is CC1(C)O[C@H]2[C@H]([C@@H](CCc3ccccc3)S(=O)(=O)c3ccccc3)N(O)C[C@H]2O1. The van der Waals surface area contributed by atoms with Crippen LogP contribution in [0.1, 0.15) is 25.8 Å². The first-order valence-electron chi connectivity index (χ1n) is 9.92. The van der Waals surface area contributed by atoms with Crippen LogP contribution < -0.4 is 0 Å². The molecule has 2 saturated heterocycles. The summed E-state index contributed by atoms with van der Waals surface area (Å²) in [5.74, 6) is -0.796. The van der Waals surface area contributed by atoms with Crippen LogP contribution in [0.4, 0.5) is 0 Å². The lowest BCUT2D eigenvalue weighted by Crippen LogP contribution is -2.49. The summed E-state index contributed by atoms with van der Waals surface area (Å²) in [6.45, 7) is 3.86. The van der Waals surface area contributed by atoms with Crippen molar-refractivity contribution in [2.45, 2.75) is 60.9 Å². The summed E-state index contributed by atoms with van der Waals surface area (Å²) in [5.41, 5.74) is 1.06. The second-order valence-corrected chi connectivity index (χ2v) is 10.3. The number of nitrogens with zero attached hydrogens (tertiary/aromatic N) is 1. The van der Waals surface area contributed by atoms with Gasteiger partial charge in [0.15, 0.2) is 15.6 Å². The van der Waals surface area contributed by atoms with Crippen molar-refractivity contribution in [3.8, 4) is 0 Å². The van der Waals surface area contributed by atoms with Crippen molar-refractivity contribution in [3.05, 3.63) is 66.2 Å². The fourth-order valence-electron chi connectivity index (χ4n) is 4.42. The highest BCUT2D eigenvalue weighted by Gasteiger charge is 2.57. The van der Waals surface area contributed by atoms with E-state index in [9.17, 15) is 13.6 Å². The molecule has 7 heteroatoms. The molecule has 2 aromatic carbocycles. The van der Waals surface area contributed by atoms with E-state index in [2.05, 4.69) is 0 Å². The first-order valence-corrected chi connectivity index (χ1v) is 11.5. The molecule has 4 rings (SSSR count). The first kappa shape index (κ1) is 20.5. The summed E-state index contributed by atoms with van der Waals surface area (Å²) in [7, 11) is -3.70. The minimum Gasteiger partial charge on any atom is -0.343 e. The highest BCUT2D eigenvalue weighted by atomic mass is 32.2. The molecule has 156 valence electrons. The zero-order valence-electron chi connectivity index (χ0n) is 16.6. The third kappa shape index (κ3) is 4.11. The number of aryl methyl sites for hydroxylation is 1. The molecule has 2 fully saturated rings. The Hall–Kier alpha value is -1.77.